The van der Waals surface area contributed by atoms with Crippen LogP contribution in [0.4, 0.5) is 0 Å². The van der Waals surface area contributed by atoms with Crippen molar-refractivity contribution >= 4 is 28.7 Å². The Hall–Kier alpha value is -0.410. The van der Waals surface area contributed by atoms with Crippen molar-refractivity contribution in [3.05, 3.63) is 16.1 Å². The summed E-state index contributed by atoms with van der Waals surface area (Å²) in [5, 5.41) is 3.03. The maximum atomic E-state index is 11.4. The molecule has 0 aromatic carbocycles. The first-order chi connectivity index (χ1) is 7.78. The lowest BCUT2D eigenvalue weighted by Gasteiger charge is -2.18. The third-order valence-electron chi connectivity index (χ3n) is 3.98. The Morgan fingerprint density at radius 3 is 3.00 bits per heavy atom. The summed E-state index contributed by atoms with van der Waals surface area (Å²) in [7, 11) is 0. The molecule has 4 heteroatoms. The van der Waals surface area contributed by atoms with Gasteiger partial charge in [0.05, 0.1) is 10.9 Å². The number of hydrogen-bond acceptors (Lipinski definition) is 3. The van der Waals surface area contributed by atoms with Crippen molar-refractivity contribution in [2.24, 2.45) is 11.8 Å². The number of carbonyl (C=O) groups excluding carboxylic acids is 1. The van der Waals surface area contributed by atoms with Crippen molar-refractivity contribution in [1.29, 1.82) is 0 Å². The largest absolute Gasteiger partial charge is 0.291 e. The summed E-state index contributed by atoms with van der Waals surface area (Å²) >= 11 is 7.17. The van der Waals surface area contributed by atoms with Gasteiger partial charge in [-0.05, 0) is 31.1 Å². The van der Waals surface area contributed by atoms with Gasteiger partial charge in [0.1, 0.15) is 5.69 Å². The van der Waals surface area contributed by atoms with Crippen LogP contribution in [0.1, 0.15) is 47.1 Å². The molecule has 0 N–H and O–H groups in total. The third-order valence-corrected chi connectivity index (χ3v) is 5.20. The average molecular weight is 256 g/mol. The summed E-state index contributed by atoms with van der Waals surface area (Å²) in [5.41, 5.74) is 0.567. The summed E-state index contributed by atoms with van der Waals surface area (Å²) in [5.74, 6) is 2.37. The number of rotatable bonds is 3. The highest BCUT2D eigenvalue weighted by atomic mass is 35.5. The van der Waals surface area contributed by atoms with Crippen molar-refractivity contribution in [3.63, 3.8) is 0 Å². The third kappa shape index (κ3) is 1.70. The first-order valence-corrected chi connectivity index (χ1v) is 7.24. The fourth-order valence-corrected chi connectivity index (χ4v) is 4.37. The molecule has 1 aromatic rings. The fraction of sp³-hybridized carbons (Fsp3) is 0.667. The molecular weight excluding hydrogens is 242 g/mol. The Morgan fingerprint density at radius 2 is 2.38 bits per heavy atom. The van der Waals surface area contributed by atoms with Crippen molar-refractivity contribution in [3.8, 4) is 0 Å². The first kappa shape index (κ1) is 10.7. The second-order valence-corrected chi connectivity index (χ2v) is 6.07. The van der Waals surface area contributed by atoms with Crippen LogP contribution < -0.4 is 0 Å². The lowest BCUT2D eigenvalue weighted by atomic mass is 9.89. The van der Waals surface area contributed by atoms with Crippen LogP contribution in [0, 0.1) is 11.8 Å². The highest BCUT2D eigenvalue weighted by molar-refractivity contribution is 7.10. The van der Waals surface area contributed by atoms with Gasteiger partial charge in [-0.1, -0.05) is 6.42 Å². The Kier molecular flexibility index (Phi) is 2.76. The molecule has 3 atom stereocenters. The molecular formula is C12H14ClNOS. The van der Waals surface area contributed by atoms with E-state index in [-0.39, 0.29) is 11.7 Å². The van der Waals surface area contributed by atoms with E-state index in [1.165, 1.54) is 30.7 Å². The number of Topliss-reactive ketones (excluding diaryl/α,β-unsaturated/α-hetero) is 1. The fourth-order valence-electron chi connectivity index (χ4n) is 3.20. The normalized spacial score (nSPS) is 32.2. The monoisotopic (exact) mass is 255 g/mol. The molecule has 0 amide bonds. The first-order valence-electron chi connectivity index (χ1n) is 5.82. The smallest absolute Gasteiger partial charge is 0.196 e. The second-order valence-electron chi connectivity index (χ2n) is 4.91. The van der Waals surface area contributed by atoms with E-state index >= 15 is 0 Å². The number of aromatic nitrogens is 1. The molecule has 2 nitrogen and oxygen atoms in total. The molecule has 1 heterocycles. The molecule has 2 bridgehead atoms. The number of fused-ring (bicyclic) bond motifs is 2. The molecule has 0 radical (unpaired) electrons. The van der Waals surface area contributed by atoms with Crippen LogP contribution in [0.15, 0.2) is 5.38 Å². The molecule has 3 rings (SSSR count). The number of thiazole rings is 1. The standard InChI is InChI=1S/C12H14ClNOS/c13-5-11(15)10-6-16-12(14-10)9-4-7-1-2-8(9)3-7/h6-9H,1-5H2. The molecule has 16 heavy (non-hydrogen) atoms. The van der Waals surface area contributed by atoms with E-state index < -0.39 is 0 Å². The number of nitrogens with zero attached hydrogens (tertiary/aromatic N) is 1. The molecule has 0 spiro atoms. The zero-order chi connectivity index (χ0) is 11.1. The van der Waals surface area contributed by atoms with Crippen LogP contribution in [0.5, 0.6) is 0 Å². The van der Waals surface area contributed by atoms with Crippen LogP contribution in [-0.4, -0.2) is 16.6 Å². The molecule has 0 aliphatic heterocycles. The maximum absolute atomic E-state index is 11.4. The number of hydrogen-bond donors (Lipinski definition) is 0. The minimum absolute atomic E-state index is 0.0416. The van der Waals surface area contributed by atoms with Gasteiger partial charge < -0.3 is 0 Å². The summed E-state index contributed by atoms with van der Waals surface area (Å²) in [4.78, 5) is 15.9. The van der Waals surface area contributed by atoms with Gasteiger partial charge in [-0.2, -0.15) is 0 Å². The Bertz CT molecular complexity index is 417. The van der Waals surface area contributed by atoms with Crippen LogP contribution in [-0.2, 0) is 0 Å². The Labute approximate surface area is 104 Å². The number of ketones is 1. The predicted molar refractivity (Wildman–Crippen MR) is 65.4 cm³/mol. The van der Waals surface area contributed by atoms with Gasteiger partial charge in [-0.3, -0.25) is 4.79 Å². The van der Waals surface area contributed by atoms with Crippen LogP contribution in [0.25, 0.3) is 0 Å². The lowest BCUT2D eigenvalue weighted by Crippen LogP contribution is -2.09. The van der Waals surface area contributed by atoms with Gasteiger partial charge in [0.2, 0.25) is 0 Å². The van der Waals surface area contributed by atoms with Gasteiger partial charge >= 0.3 is 0 Å². The van der Waals surface area contributed by atoms with Gasteiger partial charge in [0, 0.05) is 11.3 Å². The molecule has 2 aliphatic carbocycles. The summed E-state index contributed by atoms with van der Waals surface area (Å²) in [6.45, 7) is 0. The maximum Gasteiger partial charge on any atom is 0.196 e. The molecule has 2 aliphatic rings. The topological polar surface area (TPSA) is 30.0 Å². The highest BCUT2D eigenvalue weighted by Crippen LogP contribution is 2.53. The molecule has 1 aromatic heterocycles. The highest BCUT2D eigenvalue weighted by Gasteiger charge is 2.41. The zero-order valence-corrected chi connectivity index (χ0v) is 10.6. The van der Waals surface area contributed by atoms with E-state index in [2.05, 4.69) is 4.98 Å². The summed E-state index contributed by atoms with van der Waals surface area (Å²) in [6, 6.07) is 0. The van der Waals surface area contributed by atoms with Crippen LogP contribution in [0.3, 0.4) is 0 Å². The van der Waals surface area contributed by atoms with Crippen LogP contribution in [0.2, 0.25) is 0 Å². The van der Waals surface area contributed by atoms with E-state index in [1.54, 1.807) is 11.3 Å². The number of halogens is 1. The molecule has 2 saturated carbocycles. The molecule has 86 valence electrons. The number of alkyl halides is 1. The van der Waals surface area contributed by atoms with E-state index in [1.807, 2.05) is 5.38 Å². The van der Waals surface area contributed by atoms with E-state index in [9.17, 15) is 4.79 Å². The van der Waals surface area contributed by atoms with E-state index in [0.29, 0.717) is 11.6 Å². The van der Waals surface area contributed by atoms with Gasteiger partial charge in [0.25, 0.3) is 0 Å². The quantitative estimate of drug-likeness (QED) is 0.612. The second kappa shape index (κ2) is 4.11. The minimum atomic E-state index is -0.0488. The van der Waals surface area contributed by atoms with Crippen molar-refractivity contribution in [1.82, 2.24) is 4.98 Å². The lowest BCUT2D eigenvalue weighted by molar-refractivity contribution is 0.101. The summed E-state index contributed by atoms with van der Waals surface area (Å²) in [6.07, 6.45) is 5.42. The molecule has 3 unspecified atom stereocenters. The Balaban J connectivity index is 1.80. The minimum Gasteiger partial charge on any atom is -0.291 e. The SMILES string of the molecule is O=C(CCl)c1csc(C2CC3CCC2C3)n1. The van der Waals surface area contributed by atoms with Crippen molar-refractivity contribution in [2.45, 2.75) is 31.6 Å². The van der Waals surface area contributed by atoms with Gasteiger partial charge in [-0.25, -0.2) is 4.98 Å². The Morgan fingerprint density at radius 1 is 1.50 bits per heavy atom. The van der Waals surface area contributed by atoms with Crippen molar-refractivity contribution < 1.29 is 4.79 Å². The van der Waals surface area contributed by atoms with E-state index in [4.69, 9.17) is 11.6 Å². The van der Waals surface area contributed by atoms with Crippen LogP contribution >= 0.6 is 22.9 Å². The van der Waals surface area contributed by atoms with Gasteiger partial charge in [0.15, 0.2) is 5.78 Å². The van der Waals surface area contributed by atoms with Crippen molar-refractivity contribution in [2.75, 3.05) is 5.88 Å². The average Bonchev–Trinajstić information content (AvgIpc) is 3.02. The number of carbonyl (C=O) groups is 1. The van der Waals surface area contributed by atoms with Gasteiger partial charge in [-0.15, -0.1) is 22.9 Å². The summed E-state index contributed by atoms with van der Waals surface area (Å²) < 4.78 is 0. The molecule has 2 fully saturated rings. The zero-order valence-electron chi connectivity index (χ0n) is 8.99. The molecule has 0 saturated heterocycles. The van der Waals surface area contributed by atoms with E-state index in [0.717, 1.165) is 11.8 Å². The predicted octanol–water partition coefficient (Wildman–Crippen LogP) is 3.47.